The summed E-state index contributed by atoms with van der Waals surface area (Å²) >= 11 is -1.15. The average Bonchev–Trinajstić information content (AvgIpc) is 3.10. The van der Waals surface area contributed by atoms with E-state index >= 15 is 0 Å². The topological polar surface area (TPSA) is 28.0 Å². The predicted molar refractivity (Wildman–Crippen MR) is 124 cm³/mol. The molecule has 4 aromatic carbocycles. The molecule has 0 amide bonds. The molecule has 0 saturated carbocycles. The second kappa shape index (κ2) is 6.49. The van der Waals surface area contributed by atoms with Crippen molar-refractivity contribution >= 4 is 33.0 Å². The minimum atomic E-state index is -1.15. The fraction of sp³-hybridized carbons (Fsp3) is 0.111. The minimum absolute atomic E-state index is 0.815. The van der Waals surface area contributed by atoms with Gasteiger partial charge in [-0.1, -0.05) is 48.0 Å². The molecule has 1 aliphatic heterocycles. The zero-order valence-electron chi connectivity index (χ0n) is 17.0. The number of aryl methyl sites for hydroxylation is 2. The molecule has 0 radical (unpaired) electrons. The standard InChI is InChI=1S/C27H21NOS/c1-17-8-11-20(12-9-17)28-23-6-4-3-5-21(23)27-22-16-19-10-7-18(2)15-26(19)30(29)25(22)14-13-24(27)28/h3-15H,16H2,1-2H3. The Balaban J connectivity index is 1.69. The van der Waals surface area contributed by atoms with E-state index in [0.29, 0.717) is 0 Å². The molecule has 3 heteroatoms. The second-order valence-electron chi connectivity index (χ2n) is 8.18. The molecule has 0 bridgehead atoms. The maximum atomic E-state index is 13.5. The van der Waals surface area contributed by atoms with Gasteiger partial charge in [-0.25, -0.2) is 0 Å². The Hall–Kier alpha value is -3.01. The predicted octanol–water partition coefficient (Wildman–Crippen LogP) is 6.47. The van der Waals surface area contributed by atoms with Crippen LogP contribution in [0.3, 0.4) is 0 Å². The summed E-state index contributed by atoms with van der Waals surface area (Å²) in [5.41, 5.74) is 8.29. The first-order valence-electron chi connectivity index (χ1n) is 10.3. The summed E-state index contributed by atoms with van der Waals surface area (Å²) in [6, 6.07) is 27.8. The normalized spacial score (nSPS) is 15.4. The summed E-state index contributed by atoms with van der Waals surface area (Å²) in [6.07, 6.45) is 0.815. The van der Waals surface area contributed by atoms with Crippen LogP contribution in [0.2, 0.25) is 0 Å². The van der Waals surface area contributed by atoms with Crippen LogP contribution in [0.15, 0.2) is 88.7 Å². The number of para-hydroxylation sites is 1. The number of aromatic nitrogens is 1. The van der Waals surface area contributed by atoms with Gasteiger partial charge in [-0.2, -0.15) is 0 Å². The van der Waals surface area contributed by atoms with E-state index in [9.17, 15) is 4.55 Å². The molecule has 1 aromatic heterocycles. The summed E-state index contributed by atoms with van der Waals surface area (Å²) in [4.78, 5) is 1.91. The molecule has 146 valence electrons. The maximum Gasteiger partial charge on any atom is 0.162 e. The molecule has 30 heavy (non-hydrogen) atoms. The Morgan fingerprint density at radius 1 is 0.767 bits per heavy atom. The molecule has 5 aromatic rings. The molecule has 2 nitrogen and oxygen atoms in total. The van der Waals surface area contributed by atoms with Crippen molar-refractivity contribution in [2.45, 2.75) is 30.1 Å². The number of nitrogens with zero attached hydrogens (tertiary/aromatic N) is 1. The van der Waals surface area contributed by atoms with Crippen molar-refractivity contribution in [3.8, 4) is 5.69 Å². The van der Waals surface area contributed by atoms with E-state index in [1.54, 1.807) is 0 Å². The Bertz CT molecular complexity index is 1450. The third kappa shape index (κ3) is 2.49. The zero-order chi connectivity index (χ0) is 20.4. The minimum Gasteiger partial charge on any atom is -0.606 e. The van der Waals surface area contributed by atoms with Crippen molar-refractivity contribution in [3.05, 3.63) is 101 Å². The van der Waals surface area contributed by atoms with Gasteiger partial charge in [0.25, 0.3) is 0 Å². The van der Waals surface area contributed by atoms with Gasteiger partial charge in [0, 0.05) is 45.2 Å². The quantitative estimate of drug-likeness (QED) is 0.293. The van der Waals surface area contributed by atoms with E-state index < -0.39 is 11.2 Å². The summed E-state index contributed by atoms with van der Waals surface area (Å²) in [5, 5.41) is 2.45. The van der Waals surface area contributed by atoms with Gasteiger partial charge >= 0.3 is 0 Å². The summed E-state index contributed by atoms with van der Waals surface area (Å²) < 4.78 is 15.8. The lowest BCUT2D eigenvalue weighted by atomic mass is 9.98. The molecule has 0 N–H and O–H groups in total. The van der Waals surface area contributed by atoms with E-state index in [2.05, 4.69) is 97.3 Å². The molecule has 2 heterocycles. The van der Waals surface area contributed by atoms with Crippen LogP contribution in [-0.2, 0) is 17.6 Å². The monoisotopic (exact) mass is 407 g/mol. The van der Waals surface area contributed by atoms with E-state index in [4.69, 9.17) is 0 Å². The Morgan fingerprint density at radius 2 is 1.53 bits per heavy atom. The smallest absolute Gasteiger partial charge is 0.162 e. The maximum absolute atomic E-state index is 13.5. The van der Waals surface area contributed by atoms with Crippen LogP contribution in [0.25, 0.3) is 27.5 Å². The SMILES string of the molecule is Cc1ccc(-n2c3ccccc3c3c4c(ccc32)[S+]([O-])c2cc(C)ccc2C4)cc1. The van der Waals surface area contributed by atoms with Crippen molar-refractivity contribution < 1.29 is 4.55 Å². The third-order valence-electron chi connectivity index (χ3n) is 6.18. The van der Waals surface area contributed by atoms with Gasteiger partial charge in [0.2, 0.25) is 0 Å². The number of hydrogen-bond donors (Lipinski definition) is 0. The molecular formula is C27H21NOS. The van der Waals surface area contributed by atoms with Crippen molar-refractivity contribution in [1.82, 2.24) is 4.57 Å². The Labute approximate surface area is 179 Å². The van der Waals surface area contributed by atoms with Crippen molar-refractivity contribution in [1.29, 1.82) is 0 Å². The molecule has 0 saturated heterocycles. The first-order valence-corrected chi connectivity index (χ1v) is 11.4. The van der Waals surface area contributed by atoms with Crippen molar-refractivity contribution in [2.24, 2.45) is 0 Å². The first-order chi connectivity index (χ1) is 14.6. The summed E-state index contributed by atoms with van der Waals surface area (Å²) in [5.74, 6) is 0. The van der Waals surface area contributed by atoms with Crippen LogP contribution in [0.1, 0.15) is 22.3 Å². The highest BCUT2D eigenvalue weighted by atomic mass is 32.2. The second-order valence-corrected chi connectivity index (χ2v) is 9.60. The molecular weight excluding hydrogens is 386 g/mol. The van der Waals surface area contributed by atoms with Gasteiger partial charge < -0.3 is 9.12 Å². The molecule has 6 rings (SSSR count). The highest BCUT2D eigenvalue weighted by Crippen LogP contribution is 2.42. The van der Waals surface area contributed by atoms with Gasteiger partial charge in [-0.05, 0) is 55.8 Å². The lowest BCUT2D eigenvalue weighted by Gasteiger charge is -2.23. The highest BCUT2D eigenvalue weighted by Gasteiger charge is 2.31. The molecule has 0 aliphatic carbocycles. The highest BCUT2D eigenvalue weighted by molar-refractivity contribution is 7.91. The first kappa shape index (κ1) is 17.8. The Kier molecular flexibility index (Phi) is 3.86. The largest absolute Gasteiger partial charge is 0.606 e. The molecule has 1 aliphatic rings. The summed E-state index contributed by atoms with van der Waals surface area (Å²) in [7, 11) is 0. The van der Waals surface area contributed by atoms with E-state index in [1.807, 2.05) is 0 Å². The zero-order valence-corrected chi connectivity index (χ0v) is 17.8. The van der Waals surface area contributed by atoms with Crippen LogP contribution in [-0.4, -0.2) is 9.12 Å². The lowest BCUT2D eigenvalue weighted by molar-refractivity contribution is 0.591. The van der Waals surface area contributed by atoms with Crippen LogP contribution in [0, 0.1) is 13.8 Å². The van der Waals surface area contributed by atoms with E-state index in [0.717, 1.165) is 27.5 Å². The number of fused-ring (bicyclic) bond motifs is 6. The Morgan fingerprint density at radius 3 is 2.37 bits per heavy atom. The van der Waals surface area contributed by atoms with Crippen molar-refractivity contribution in [3.63, 3.8) is 0 Å². The van der Waals surface area contributed by atoms with Gasteiger partial charge in [0.05, 0.1) is 11.0 Å². The van der Waals surface area contributed by atoms with Crippen LogP contribution < -0.4 is 0 Å². The van der Waals surface area contributed by atoms with E-state index in [1.165, 1.54) is 38.5 Å². The van der Waals surface area contributed by atoms with Crippen LogP contribution >= 0.6 is 0 Å². The number of hydrogen-bond acceptors (Lipinski definition) is 1. The van der Waals surface area contributed by atoms with Gasteiger partial charge in [-0.3, -0.25) is 0 Å². The molecule has 1 unspecified atom stereocenters. The average molecular weight is 408 g/mol. The van der Waals surface area contributed by atoms with Gasteiger partial charge in [0.15, 0.2) is 9.79 Å². The fourth-order valence-corrected chi connectivity index (χ4v) is 6.22. The summed E-state index contributed by atoms with van der Waals surface area (Å²) in [6.45, 7) is 4.17. The molecule has 0 spiro atoms. The number of benzene rings is 4. The van der Waals surface area contributed by atoms with E-state index in [-0.39, 0.29) is 0 Å². The molecule has 1 atom stereocenters. The van der Waals surface area contributed by atoms with Crippen LogP contribution in [0.4, 0.5) is 0 Å². The lowest BCUT2D eigenvalue weighted by Crippen LogP contribution is -2.15. The fourth-order valence-electron chi connectivity index (χ4n) is 4.72. The van der Waals surface area contributed by atoms with Crippen LogP contribution in [0.5, 0.6) is 0 Å². The van der Waals surface area contributed by atoms with Crippen molar-refractivity contribution in [2.75, 3.05) is 0 Å². The number of rotatable bonds is 1. The third-order valence-corrected chi connectivity index (χ3v) is 7.75. The molecule has 0 fully saturated rings. The van der Waals surface area contributed by atoms with Gasteiger partial charge in [0.1, 0.15) is 0 Å². The van der Waals surface area contributed by atoms with Gasteiger partial charge in [-0.15, -0.1) is 0 Å².